The van der Waals surface area contributed by atoms with E-state index in [-0.39, 0.29) is 18.5 Å². The fourth-order valence-corrected chi connectivity index (χ4v) is 2.02. The van der Waals surface area contributed by atoms with Crippen LogP contribution in [0.25, 0.3) is 0 Å². The largest absolute Gasteiger partial charge is 0.370 e. The predicted molar refractivity (Wildman–Crippen MR) is 78.5 cm³/mol. The molecule has 0 fully saturated rings. The molecule has 5 heteroatoms. The van der Waals surface area contributed by atoms with Gasteiger partial charge in [0.1, 0.15) is 0 Å². The zero-order valence-electron chi connectivity index (χ0n) is 11.6. The number of hydrogen-bond acceptors (Lipinski definition) is 2. The molecule has 0 aliphatic rings. The maximum absolute atomic E-state index is 12.4. The Kier molecular flexibility index (Phi) is 4.69. The minimum atomic E-state index is -0.343. The summed E-state index contributed by atoms with van der Waals surface area (Å²) >= 11 is 0. The predicted octanol–water partition coefficient (Wildman–Crippen LogP) is 2.24. The van der Waals surface area contributed by atoms with E-state index in [4.69, 9.17) is 11.1 Å². The first-order valence-corrected chi connectivity index (χ1v) is 5.96. The van der Waals surface area contributed by atoms with Crippen LogP contribution in [0.4, 0.5) is 10.5 Å². The second kappa shape index (κ2) is 6.04. The van der Waals surface area contributed by atoms with Crippen LogP contribution in [0.2, 0.25) is 0 Å². The van der Waals surface area contributed by atoms with Crippen molar-refractivity contribution < 1.29 is 4.79 Å². The Hall–Kier alpha value is -2.30. The van der Waals surface area contributed by atoms with Gasteiger partial charge in [-0.2, -0.15) is 0 Å². The Morgan fingerprint density at radius 2 is 1.95 bits per heavy atom. The minimum absolute atomic E-state index is 0.212. The molecule has 102 valence electrons. The van der Waals surface area contributed by atoms with Gasteiger partial charge in [-0.3, -0.25) is 15.2 Å². The van der Waals surface area contributed by atoms with E-state index in [2.05, 4.69) is 6.58 Å². The number of carbonyl (C=O) groups excluding carboxylic acids is 1. The SMILES string of the molecule is C=CCN(C(=N)N)C(=O)N(C)c1c(C)cccc1C. The first-order chi connectivity index (χ1) is 8.90. The summed E-state index contributed by atoms with van der Waals surface area (Å²) in [6, 6.07) is 5.49. The standard InChI is InChI=1S/C14H20N4O/c1-5-9-18(13(15)16)14(19)17(4)12-10(2)7-6-8-11(12)3/h5-8H,1,9H2,2-4H3,(H3,15,16). The van der Waals surface area contributed by atoms with E-state index in [1.807, 2.05) is 32.0 Å². The lowest BCUT2D eigenvalue weighted by molar-refractivity contribution is 0.230. The summed E-state index contributed by atoms with van der Waals surface area (Å²) in [5, 5.41) is 7.46. The van der Waals surface area contributed by atoms with Crippen LogP contribution < -0.4 is 10.6 Å². The molecule has 0 atom stereocenters. The number of para-hydroxylation sites is 1. The van der Waals surface area contributed by atoms with Crippen molar-refractivity contribution in [1.82, 2.24) is 4.90 Å². The van der Waals surface area contributed by atoms with Crippen LogP contribution >= 0.6 is 0 Å². The van der Waals surface area contributed by atoms with Gasteiger partial charge in [-0.25, -0.2) is 4.79 Å². The number of nitrogens with one attached hydrogen (secondary N) is 1. The highest BCUT2D eigenvalue weighted by atomic mass is 16.2. The summed E-state index contributed by atoms with van der Waals surface area (Å²) in [6.07, 6.45) is 1.54. The average molecular weight is 260 g/mol. The lowest BCUT2D eigenvalue weighted by atomic mass is 10.1. The molecule has 0 aromatic heterocycles. The summed E-state index contributed by atoms with van der Waals surface area (Å²) in [7, 11) is 1.68. The van der Waals surface area contributed by atoms with Crippen molar-refractivity contribution in [3.63, 3.8) is 0 Å². The third-order valence-corrected chi connectivity index (χ3v) is 2.90. The highest BCUT2D eigenvalue weighted by Gasteiger charge is 2.22. The van der Waals surface area contributed by atoms with Gasteiger partial charge in [0.25, 0.3) is 0 Å². The molecule has 3 N–H and O–H groups in total. The summed E-state index contributed by atoms with van der Waals surface area (Å²) in [4.78, 5) is 15.0. The molecule has 0 spiro atoms. The number of urea groups is 1. The summed E-state index contributed by atoms with van der Waals surface area (Å²) in [6.45, 7) is 7.66. The first-order valence-electron chi connectivity index (χ1n) is 5.96. The van der Waals surface area contributed by atoms with Crippen molar-refractivity contribution in [2.24, 2.45) is 5.73 Å². The van der Waals surface area contributed by atoms with Crippen molar-refractivity contribution in [2.45, 2.75) is 13.8 Å². The molecular formula is C14H20N4O. The molecule has 0 aliphatic carbocycles. The lowest BCUT2D eigenvalue weighted by Crippen LogP contribution is -2.48. The molecule has 1 aromatic rings. The van der Waals surface area contributed by atoms with Gasteiger partial charge in [-0.15, -0.1) is 6.58 Å². The average Bonchev–Trinajstić information content (AvgIpc) is 2.34. The molecule has 0 aliphatic heterocycles. The Bertz CT molecular complexity index is 490. The zero-order valence-corrected chi connectivity index (χ0v) is 11.6. The Labute approximate surface area is 113 Å². The maximum atomic E-state index is 12.4. The van der Waals surface area contributed by atoms with Crippen molar-refractivity contribution in [1.29, 1.82) is 5.41 Å². The number of amides is 2. The number of carbonyl (C=O) groups is 1. The normalized spacial score (nSPS) is 9.84. The number of benzene rings is 1. The van der Waals surface area contributed by atoms with Crippen molar-refractivity contribution >= 4 is 17.7 Å². The quantitative estimate of drug-likeness (QED) is 0.497. The second-order valence-electron chi connectivity index (χ2n) is 4.37. The van der Waals surface area contributed by atoms with Gasteiger partial charge >= 0.3 is 6.03 Å². The van der Waals surface area contributed by atoms with E-state index in [0.29, 0.717) is 0 Å². The smallest absolute Gasteiger partial charge is 0.331 e. The van der Waals surface area contributed by atoms with Crippen molar-refractivity contribution in [3.05, 3.63) is 42.0 Å². The second-order valence-corrected chi connectivity index (χ2v) is 4.37. The Morgan fingerprint density at radius 1 is 1.42 bits per heavy atom. The van der Waals surface area contributed by atoms with Crippen molar-refractivity contribution in [2.75, 3.05) is 18.5 Å². The molecule has 0 saturated carbocycles. The van der Waals surface area contributed by atoms with E-state index >= 15 is 0 Å². The van der Waals surface area contributed by atoms with E-state index in [1.54, 1.807) is 7.05 Å². The zero-order chi connectivity index (χ0) is 14.6. The third kappa shape index (κ3) is 3.13. The van der Waals surface area contributed by atoms with Gasteiger partial charge in [-0.05, 0) is 25.0 Å². The molecule has 1 rings (SSSR count). The molecule has 0 radical (unpaired) electrons. The monoisotopic (exact) mass is 260 g/mol. The fourth-order valence-electron chi connectivity index (χ4n) is 2.02. The van der Waals surface area contributed by atoms with Gasteiger partial charge in [0.2, 0.25) is 0 Å². The number of rotatable bonds is 3. The Morgan fingerprint density at radius 3 is 2.37 bits per heavy atom. The van der Waals surface area contributed by atoms with Gasteiger partial charge in [-0.1, -0.05) is 24.3 Å². The van der Waals surface area contributed by atoms with Crippen LogP contribution in [0, 0.1) is 19.3 Å². The van der Waals surface area contributed by atoms with Gasteiger partial charge in [0, 0.05) is 13.6 Å². The topological polar surface area (TPSA) is 73.4 Å². The molecule has 2 amide bonds. The molecular weight excluding hydrogens is 240 g/mol. The third-order valence-electron chi connectivity index (χ3n) is 2.90. The van der Waals surface area contributed by atoms with Gasteiger partial charge in [0.05, 0.1) is 5.69 Å². The molecule has 0 heterocycles. The fraction of sp³-hybridized carbons (Fsp3) is 0.286. The number of nitrogens with two attached hydrogens (primary N) is 1. The number of nitrogens with zero attached hydrogens (tertiary/aromatic N) is 2. The van der Waals surface area contributed by atoms with Crippen LogP contribution in [0.15, 0.2) is 30.9 Å². The van der Waals surface area contributed by atoms with Crippen LogP contribution in [-0.2, 0) is 0 Å². The number of hydrogen-bond donors (Lipinski definition) is 2. The van der Waals surface area contributed by atoms with E-state index < -0.39 is 0 Å². The molecule has 5 nitrogen and oxygen atoms in total. The van der Waals surface area contributed by atoms with Crippen LogP contribution in [0.5, 0.6) is 0 Å². The van der Waals surface area contributed by atoms with Crippen molar-refractivity contribution in [3.8, 4) is 0 Å². The first kappa shape index (κ1) is 14.8. The Balaban J connectivity index is 3.11. The number of anilines is 1. The van der Waals surface area contributed by atoms with E-state index in [1.165, 1.54) is 15.9 Å². The molecule has 0 saturated heterocycles. The highest BCUT2D eigenvalue weighted by Crippen LogP contribution is 2.24. The molecule has 0 bridgehead atoms. The van der Waals surface area contributed by atoms with E-state index in [9.17, 15) is 4.79 Å². The molecule has 19 heavy (non-hydrogen) atoms. The van der Waals surface area contributed by atoms with E-state index in [0.717, 1.165) is 16.8 Å². The van der Waals surface area contributed by atoms with Crippen LogP contribution in [0.1, 0.15) is 11.1 Å². The number of guanidine groups is 1. The summed E-state index contributed by atoms with van der Waals surface area (Å²) in [5.41, 5.74) is 8.26. The van der Waals surface area contributed by atoms with Crippen LogP contribution in [-0.4, -0.2) is 30.5 Å². The highest BCUT2D eigenvalue weighted by molar-refractivity contribution is 6.03. The summed E-state index contributed by atoms with van der Waals surface area (Å²) in [5.74, 6) is -0.289. The number of aryl methyl sites for hydroxylation is 2. The molecule has 1 aromatic carbocycles. The molecule has 0 unspecified atom stereocenters. The minimum Gasteiger partial charge on any atom is -0.370 e. The lowest BCUT2D eigenvalue weighted by Gasteiger charge is -2.28. The van der Waals surface area contributed by atoms with Gasteiger partial charge in [0.15, 0.2) is 5.96 Å². The summed E-state index contributed by atoms with van der Waals surface area (Å²) < 4.78 is 0. The van der Waals surface area contributed by atoms with Gasteiger partial charge < -0.3 is 5.73 Å². The van der Waals surface area contributed by atoms with Crippen LogP contribution in [0.3, 0.4) is 0 Å². The maximum Gasteiger partial charge on any atom is 0.331 e.